The lowest BCUT2D eigenvalue weighted by Gasteiger charge is -2.17. The monoisotopic (exact) mass is 296 g/mol. The molecule has 0 spiro atoms. The van der Waals surface area contributed by atoms with Gasteiger partial charge in [-0.25, -0.2) is 4.98 Å². The van der Waals surface area contributed by atoms with Gasteiger partial charge in [0.2, 0.25) is 0 Å². The van der Waals surface area contributed by atoms with Gasteiger partial charge >= 0.3 is 0 Å². The SMILES string of the molecule is OCCC(CNCc1cnc2cnccn12)c1ccccc1. The van der Waals surface area contributed by atoms with E-state index in [0.717, 1.165) is 30.9 Å². The van der Waals surface area contributed by atoms with Crippen LogP contribution in [0.25, 0.3) is 5.65 Å². The number of hydrogen-bond acceptors (Lipinski definition) is 4. The number of benzene rings is 1. The third-order valence-electron chi connectivity index (χ3n) is 3.84. The zero-order valence-corrected chi connectivity index (χ0v) is 12.4. The van der Waals surface area contributed by atoms with E-state index in [1.54, 1.807) is 12.4 Å². The molecule has 0 aliphatic rings. The van der Waals surface area contributed by atoms with E-state index in [1.165, 1.54) is 5.56 Å². The summed E-state index contributed by atoms with van der Waals surface area (Å²) in [5.74, 6) is 0.312. The molecule has 2 heterocycles. The Hall–Kier alpha value is -2.24. The van der Waals surface area contributed by atoms with Crippen molar-refractivity contribution < 1.29 is 5.11 Å². The molecule has 22 heavy (non-hydrogen) atoms. The maximum atomic E-state index is 9.27. The summed E-state index contributed by atoms with van der Waals surface area (Å²) in [6.07, 6.45) is 8.06. The molecule has 0 fully saturated rings. The number of nitrogens with one attached hydrogen (secondary N) is 1. The molecule has 3 rings (SSSR count). The average Bonchev–Trinajstić information content (AvgIpc) is 2.98. The number of hydrogen-bond donors (Lipinski definition) is 2. The van der Waals surface area contributed by atoms with Crippen molar-refractivity contribution >= 4 is 5.65 Å². The van der Waals surface area contributed by atoms with Crippen molar-refractivity contribution in [3.63, 3.8) is 0 Å². The molecule has 0 radical (unpaired) electrons. The maximum absolute atomic E-state index is 9.27. The minimum absolute atomic E-state index is 0.197. The van der Waals surface area contributed by atoms with E-state index in [9.17, 15) is 5.11 Å². The van der Waals surface area contributed by atoms with Crippen LogP contribution in [-0.4, -0.2) is 32.6 Å². The first-order chi connectivity index (χ1) is 10.9. The van der Waals surface area contributed by atoms with Gasteiger partial charge in [0, 0.05) is 32.1 Å². The number of aromatic nitrogens is 3. The van der Waals surface area contributed by atoms with Crippen LogP contribution in [0.4, 0.5) is 0 Å². The van der Waals surface area contributed by atoms with Gasteiger partial charge in [-0.3, -0.25) is 9.38 Å². The number of imidazole rings is 1. The lowest BCUT2D eigenvalue weighted by Crippen LogP contribution is -2.22. The summed E-state index contributed by atoms with van der Waals surface area (Å²) in [4.78, 5) is 8.40. The molecule has 1 unspecified atom stereocenters. The standard InChI is InChI=1S/C17H20N4O/c22-9-6-15(14-4-2-1-3-5-14)10-19-11-16-12-20-17-13-18-7-8-21(16)17/h1-5,7-8,12-13,15,19,22H,6,9-11H2. The van der Waals surface area contributed by atoms with Crippen LogP contribution in [0.2, 0.25) is 0 Å². The molecule has 0 saturated carbocycles. The van der Waals surface area contributed by atoms with Gasteiger partial charge in [0.15, 0.2) is 5.65 Å². The van der Waals surface area contributed by atoms with Gasteiger partial charge in [-0.2, -0.15) is 0 Å². The quantitative estimate of drug-likeness (QED) is 0.700. The normalized spacial score (nSPS) is 12.6. The Morgan fingerprint density at radius 3 is 2.86 bits per heavy atom. The average molecular weight is 296 g/mol. The first kappa shape index (κ1) is 14.7. The zero-order chi connectivity index (χ0) is 15.2. The van der Waals surface area contributed by atoms with E-state index in [-0.39, 0.29) is 6.61 Å². The molecule has 5 nitrogen and oxygen atoms in total. The van der Waals surface area contributed by atoms with Crippen LogP contribution in [0.15, 0.2) is 55.1 Å². The predicted octanol–water partition coefficient (Wildman–Crippen LogP) is 1.99. The lowest BCUT2D eigenvalue weighted by molar-refractivity contribution is 0.273. The summed E-state index contributed by atoms with van der Waals surface area (Å²) in [6, 6.07) is 10.3. The molecule has 114 valence electrons. The highest BCUT2D eigenvalue weighted by atomic mass is 16.3. The van der Waals surface area contributed by atoms with Crippen molar-refractivity contribution in [3.8, 4) is 0 Å². The lowest BCUT2D eigenvalue weighted by atomic mass is 9.96. The minimum atomic E-state index is 0.197. The molecule has 0 amide bonds. The Labute approximate surface area is 129 Å². The summed E-state index contributed by atoms with van der Waals surface area (Å²) in [5, 5.41) is 12.7. The van der Waals surface area contributed by atoms with Gasteiger partial charge in [0.1, 0.15) is 0 Å². The van der Waals surface area contributed by atoms with Crippen molar-refractivity contribution in [1.82, 2.24) is 19.7 Å². The third-order valence-corrected chi connectivity index (χ3v) is 3.84. The van der Waals surface area contributed by atoms with Gasteiger partial charge in [0.25, 0.3) is 0 Å². The molecule has 0 bridgehead atoms. The summed E-state index contributed by atoms with van der Waals surface area (Å²) >= 11 is 0. The Morgan fingerprint density at radius 1 is 1.18 bits per heavy atom. The fourth-order valence-corrected chi connectivity index (χ4v) is 2.67. The second-order valence-electron chi connectivity index (χ2n) is 5.30. The molecule has 5 heteroatoms. The van der Waals surface area contributed by atoms with Gasteiger partial charge in [0.05, 0.1) is 18.1 Å². The van der Waals surface area contributed by atoms with Gasteiger partial charge in [-0.1, -0.05) is 30.3 Å². The van der Waals surface area contributed by atoms with Crippen LogP contribution in [0.5, 0.6) is 0 Å². The fraction of sp³-hybridized carbons (Fsp3) is 0.294. The van der Waals surface area contributed by atoms with Gasteiger partial charge in [-0.15, -0.1) is 0 Å². The molecular formula is C17H20N4O. The number of aliphatic hydroxyl groups excluding tert-OH is 1. The highest BCUT2D eigenvalue weighted by Gasteiger charge is 2.11. The Kier molecular flexibility index (Phi) is 4.78. The summed E-state index contributed by atoms with van der Waals surface area (Å²) < 4.78 is 2.03. The van der Waals surface area contributed by atoms with Crippen molar-refractivity contribution in [1.29, 1.82) is 0 Å². The van der Waals surface area contributed by atoms with E-state index in [4.69, 9.17) is 0 Å². The highest BCUT2D eigenvalue weighted by molar-refractivity contribution is 5.36. The highest BCUT2D eigenvalue weighted by Crippen LogP contribution is 2.18. The van der Waals surface area contributed by atoms with Gasteiger partial charge < -0.3 is 10.4 Å². The molecule has 2 N–H and O–H groups in total. The first-order valence-electron chi connectivity index (χ1n) is 7.51. The second-order valence-corrected chi connectivity index (χ2v) is 5.30. The van der Waals surface area contributed by atoms with Crippen molar-refractivity contribution in [3.05, 3.63) is 66.4 Å². The summed E-state index contributed by atoms with van der Waals surface area (Å²) in [5.41, 5.74) is 3.22. The molecule has 0 aliphatic heterocycles. The van der Waals surface area contributed by atoms with E-state index in [1.807, 2.05) is 35.0 Å². The van der Waals surface area contributed by atoms with E-state index in [0.29, 0.717) is 5.92 Å². The Morgan fingerprint density at radius 2 is 2.05 bits per heavy atom. The van der Waals surface area contributed by atoms with Crippen LogP contribution >= 0.6 is 0 Å². The molecule has 0 saturated heterocycles. The second kappa shape index (κ2) is 7.15. The van der Waals surface area contributed by atoms with Crippen molar-refractivity contribution in [2.75, 3.05) is 13.2 Å². The minimum Gasteiger partial charge on any atom is -0.396 e. The number of nitrogens with zero attached hydrogens (tertiary/aromatic N) is 3. The van der Waals surface area contributed by atoms with Gasteiger partial charge in [-0.05, 0) is 17.9 Å². The van der Waals surface area contributed by atoms with Crippen LogP contribution < -0.4 is 5.32 Å². The smallest absolute Gasteiger partial charge is 0.155 e. The Balaban J connectivity index is 1.63. The molecular weight excluding hydrogens is 276 g/mol. The fourth-order valence-electron chi connectivity index (χ4n) is 2.67. The van der Waals surface area contributed by atoms with Crippen LogP contribution in [0.3, 0.4) is 0 Å². The number of fused-ring (bicyclic) bond motifs is 1. The van der Waals surface area contributed by atoms with E-state index in [2.05, 4.69) is 27.4 Å². The number of aliphatic hydroxyl groups is 1. The third kappa shape index (κ3) is 3.32. The van der Waals surface area contributed by atoms with Crippen molar-refractivity contribution in [2.45, 2.75) is 18.9 Å². The summed E-state index contributed by atoms with van der Waals surface area (Å²) in [6.45, 7) is 1.76. The molecule has 2 aromatic heterocycles. The van der Waals surface area contributed by atoms with Crippen molar-refractivity contribution in [2.24, 2.45) is 0 Å². The first-order valence-corrected chi connectivity index (χ1v) is 7.51. The van der Waals surface area contributed by atoms with E-state index >= 15 is 0 Å². The molecule has 1 atom stereocenters. The van der Waals surface area contributed by atoms with Crippen LogP contribution in [0, 0.1) is 0 Å². The Bertz CT molecular complexity index is 711. The summed E-state index contributed by atoms with van der Waals surface area (Å²) in [7, 11) is 0. The predicted molar refractivity (Wildman–Crippen MR) is 85.6 cm³/mol. The largest absolute Gasteiger partial charge is 0.396 e. The molecule has 1 aromatic carbocycles. The zero-order valence-electron chi connectivity index (χ0n) is 12.4. The van der Waals surface area contributed by atoms with Crippen LogP contribution in [-0.2, 0) is 6.54 Å². The van der Waals surface area contributed by atoms with Crippen LogP contribution in [0.1, 0.15) is 23.6 Å². The number of rotatable bonds is 7. The molecule has 3 aromatic rings. The molecule has 0 aliphatic carbocycles. The topological polar surface area (TPSA) is 62.5 Å². The van der Waals surface area contributed by atoms with E-state index < -0.39 is 0 Å². The maximum Gasteiger partial charge on any atom is 0.155 e.